The van der Waals surface area contributed by atoms with E-state index >= 15 is 0 Å². The van der Waals surface area contributed by atoms with Crippen molar-refractivity contribution >= 4 is 17.6 Å². The Morgan fingerprint density at radius 2 is 1.47 bits per heavy atom. The summed E-state index contributed by atoms with van der Waals surface area (Å²) in [5, 5.41) is 4.62. The summed E-state index contributed by atoms with van der Waals surface area (Å²) >= 11 is 0. The molecule has 0 spiro atoms. The molecule has 12 heteroatoms. The molecule has 0 atom stereocenters. The Morgan fingerprint density at radius 3 is 1.97 bits per heavy atom. The van der Waals surface area contributed by atoms with E-state index in [0.29, 0.717) is 38.1 Å². The molecule has 1 aliphatic carbocycles. The Balaban J connectivity index is 1.54. The lowest BCUT2D eigenvalue weighted by molar-refractivity contribution is -0.143. The zero-order chi connectivity index (χ0) is 25.1. The van der Waals surface area contributed by atoms with E-state index in [9.17, 15) is 35.9 Å². The van der Waals surface area contributed by atoms with E-state index in [1.54, 1.807) is 4.90 Å². The van der Waals surface area contributed by atoms with Crippen molar-refractivity contribution in [2.75, 3.05) is 18.4 Å². The second-order valence-corrected chi connectivity index (χ2v) is 9.15. The first-order chi connectivity index (χ1) is 15.7. The highest BCUT2D eigenvalue weighted by Crippen LogP contribution is 2.37. The van der Waals surface area contributed by atoms with E-state index in [0.717, 1.165) is 32.1 Å². The number of carbonyl (C=O) groups excluding carboxylic acids is 2. The van der Waals surface area contributed by atoms with Gasteiger partial charge in [-0.1, -0.05) is 19.3 Å². The van der Waals surface area contributed by atoms with Crippen molar-refractivity contribution < 1.29 is 35.9 Å². The number of carbonyl (C=O) groups is 2. The molecule has 0 unspecified atom stereocenters. The van der Waals surface area contributed by atoms with Crippen LogP contribution in [0.2, 0.25) is 0 Å². The fourth-order valence-electron chi connectivity index (χ4n) is 4.50. The van der Waals surface area contributed by atoms with Crippen LogP contribution in [-0.4, -0.2) is 41.5 Å². The molecule has 1 saturated carbocycles. The van der Waals surface area contributed by atoms with Gasteiger partial charge in [-0.15, -0.1) is 0 Å². The van der Waals surface area contributed by atoms with Crippen LogP contribution in [0.15, 0.2) is 18.2 Å². The SMILES string of the molecule is NC1(CC(=O)N2CCC(NC(=O)Nc3cc(C(F)(F)F)cc(C(F)(F)F)c3)CC2)CCCCC1. The zero-order valence-corrected chi connectivity index (χ0v) is 18.5. The largest absolute Gasteiger partial charge is 0.416 e. The van der Waals surface area contributed by atoms with E-state index in [-0.39, 0.29) is 24.4 Å². The van der Waals surface area contributed by atoms with Gasteiger partial charge in [0.2, 0.25) is 5.91 Å². The number of nitrogens with two attached hydrogens (primary N) is 1. The van der Waals surface area contributed by atoms with Gasteiger partial charge in [0.25, 0.3) is 0 Å². The van der Waals surface area contributed by atoms with Crippen molar-refractivity contribution in [3.63, 3.8) is 0 Å². The van der Waals surface area contributed by atoms with E-state index < -0.39 is 40.7 Å². The second kappa shape index (κ2) is 10.0. The number of urea groups is 1. The minimum absolute atomic E-state index is 0.00535. The van der Waals surface area contributed by atoms with Gasteiger partial charge in [0.05, 0.1) is 11.1 Å². The van der Waals surface area contributed by atoms with E-state index in [1.807, 2.05) is 0 Å². The van der Waals surface area contributed by atoms with Crippen LogP contribution in [0.3, 0.4) is 0 Å². The lowest BCUT2D eigenvalue weighted by Crippen LogP contribution is -2.51. The quantitative estimate of drug-likeness (QED) is 0.521. The number of benzene rings is 1. The van der Waals surface area contributed by atoms with Gasteiger partial charge in [0, 0.05) is 36.8 Å². The van der Waals surface area contributed by atoms with Crippen molar-refractivity contribution in [3.8, 4) is 0 Å². The smallest absolute Gasteiger partial charge is 0.342 e. The predicted molar refractivity (Wildman–Crippen MR) is 113 cm³/mol. The van der Waals surface area contributed by atoms with E-state index in [4.69, 9.17) is 5.73 Å². The average molecular weight is 494 g/mol. The summed E-state index contributed by atoms with van der Waals surface area (Å²) in [5.74, 6) is -0.0454. The molecule has 1 saturated heterocycles. The second-order valence-electron chi connectivity index (χ2n) is 9.15. The maximum atomic E-state index is 13.0. The summed E-state index contributed by atoms with van der Waals surface area (Å²) in [5.41, 5.74) is 2.23. The number of hydrogen-bond acceptors (Lipinski definition) is 3. The third-order valence-electron chi connectivity index (χ3n) is 6.38. The Labute approximate surface area is 193 Å². The molecule has 34 heavy (non-hydrogen) atoms. The molecule has 4 N–H and O–H groups in total. The molecular formula is C22H28F6N4O2. The van der Waals surface area contributed by atoms with Gasteiger partial charge < -0.3 is 21.3 Å². The molecule has 0 aromatic heterocycles. The number of rotatable bonds is 4. The Hall–Kier alpha value is -2.50. The zero-order valence-electron chi connectivity index (χ0n) is 18.5. The molecule has 2 fully saturated rings. The molecule has 1 heterocycles. The first kappa shape index (κ1) is 26.1. The molecule has 2 aliphatic rings. The topological polar surface area (TPSA) is 87.5 Å². The average Bonchev–Trinajstić information content (AvgIpc) is 2.73. The van der Waals surface area contributed by atoms with Gasteiger partial charge in [-0.2, -0.15) is 26.3 Å². The van der Waals surface area contributed by atoms with E-state index in [1.165, 1.54) is 0 Å². The minimum Gasteiger partial charge on any atom is -0.342 e. The maximum Gasteiger partial charge on any atom is 0.416 e. The summed E-state index contributed by atoms with van der Waals surface area (Å²) < 4.78 is 77.9. The van der Waals surface area contributed by atoms with Crippen LogP contribution in [0.4, 0.5) is 36.8 Å². The Morgan fingerprint density at radius 1 is 0.941 bits per heavy atom. The summed E-state index contributed by atoms with van der Waals surface area (Å²) in [7, 11) is 0. The number of piperidine rings is 1. The molecule has 1 aliphatic heterocycles. The Bertz CT molecular complexity index is 856. The van der Waals surface area contributed by atoms with Crippen LogP contribution in [0.1, 0.15) is 62.5 Å². The van der Waals surface area contributed by atoms with Gasteiger partial charge in [-0.05, 0) is 43.9 Å². The molecule has 3 amide bonds. The number of hydrogen-bond donors (Lipinski definition) is 3. The molecule has 190 valence electrons. The fourth-order valence-corrected chi connectivity index (χ4v) is 4.50. The molecule has 1 aromatic carbocycles. The fraction of sp³-hybridized carbons (Fsp3) is 0.636. The first-order valence-electron chi connectivity index (χ1n) is 11.2. The van der Waals surface area contributed by atoms with Gasteiger partial charge in [0.15, 0.2) is 0 Å². The maximum absolute atomic E-state index is 13.0. The van der Waals surface area contributed by atoms with Crippen LogP contribution < -0.4 is 16.4 Å². The number of nitrogens with one attached hydrogen (secondary N) is 2. The molecule has 0 bridgehead atoms. The number of nitrogens with zero attached hydrogens (tertiary/aromatic N) is 1. The van der Waals surface area contributed by atoms with Crippen LogP contribution in [0.5, 0.6) is 0 Å². The molecule has 0 radical (unpaired) electrons. The highest BCUT2D eigenvalue weighted by molar-refractivity contribution is 5.89. The third kappa shape index (κ3) is 7.00. The summed E-state index contributed by atoms with van der Waals surface area (Å²) in [6.07, 6.45) is -4.19. The highest BCUT2D eigenvalue weighted by Gasteiger charge is 2.37. The molecule has 6 nitrogen and oxygen atoms in total. The normalized spacial score (nSPS) is 19.6. The standard InChI is InChI=1S/C22H28F6N4O2/c23-21(24,25)14-10-15(22(26,27)28)12-17(11-14)31-19(34)30-16-4-8-32(9-5-16)18(33)13-20(29)6-2-1-3-7-20/h10-12,16H,1-9,13,29H2,(H2,30,31,34). The monoisotopic (exact) mass is 494 g/mol. The van der Waals surface area contributed by atoms with Crippen LogP contribution in [0, 0.1) is 0 Å². The highest BCUT2D eigenvalue weighted by atomic mass is 19.4. The predicted octanol–water partition coefficient (Wildman–Crippen LogP) is 4.89. The lowest BCUT2D eigenvalue weighted by Gasteiger charge is -2.37. The van der Waals surface area contributed by atoms with Crippen molar-refractivity contribution in [2.24, 2.45) is 5.73 Å². The molecule has 3 rings (SSSR count). The Kier molecular flexibility index (Phi) is 7.69. The van der Waals surface area contributed by atoms with Crippen LogP contribution in [-0.2, 0) is 17.1 Å². The van der Waals surface area contributed by atoms with Gasteiger partial charge >= 0.3 is 18.4 Å². The number of likely N-dealkylation sites (tertiary alicyclic amines) is 1. The van der Waals surface area contributed by atoms with Gasteiger partial charge in [-0.25, -0.2) is 4.79 Å². The molecule has 1 aromatic rings. The summed E-state index contributed by atoms with van der Waals surface area (Å²) in [4.78, 5) is 26.6. The summed E-state index contributed by atoms with van der Waals surface area (Å²) in [6, 6.07) is -0.401. The van der Waals surface area contributed by atoms with Crippen molar-refractivity contribution in [1.29, 1.82) is 0 Å². The van der Waals surface area contributed by atoms with Crippen LogP contribution in [0.25, 0.3) is 0 Å². The first-order valence-corrected chi connectivity index (χ1v) is 11.2. The number of halogens is 6. The lowest BCUT2D eigenvalue weighted by atomic mass is 9.80. The van der Waals surface area contributed by atoms with Crippen molar-refractivity contribution in [3.05, 3.63) is 29.3 Å². The van der Waals surface area contributed by atoms with E-state index in [2.05, 4.69) is 10.6 Å². The van der Waals surface area contributed by atoms with Gasteiger partial charge in [-0.3, -0.25) is 4.79 Å². The third-order valence-corrected chi connectivity index (χ3v) is 6.38. The number of anilines is 1. The molecular weight excluding hydrogens is 466 g/mol. The number of alkyl halides is 6. The summed E-state index contributed by atoms with van der Waals surface area (Å²) in [6.45, 7) is 0.753. The number of amides is 3. The van der Waals surface area contributed by atoms with Crippen LogP contribution >= 0.6 is 0 Å². The van der Waals surface area contributed by atoms with Crippen molar-refractivity contribution in [2.45, 2.75) is 75.3 Å². The van der Waals surface area contributed by atoms with Crippen molar-refractivity contribution in [1.82, 2.24) is 10.2 Å². The van der Waals surface area contributed by atoms with Gasteiger partial charge in [0.1, 0.15) is 0 Å². The minimum atomic E-state index is -5.01.